The minimum Gasteiger partial charge on any atom is -0.489 e. The van der Waals surface area contributed by atoms with E-state index < -0.39 is 5.92 Å². The number of ether oxygens (including phenoxy) is 3. The second kappa shape index (κ2) is 17.7. The average molecular weight is 667 g/mol. The third-order valence-corrected chi connectivity index (χ3v) is 8.09. The van der Waals surface area contributed by atoms with Gasteiger partial charge in [-0.1, -0.05) is 85.5 Å². The Morgan fingerprint density at radius 3 is 2.10 bits per heavy atom. The third kappa shape index (κ3) is 8.79. The van der Waals surface area contributed by atoms with E-state index in [1.165, 1.54) is 0 Å². The molecule has 5 aromatic carbocycles. The zero-order valence-electron chi connectivity index (χ0n) is 26.7. The van der Waals surface area contributed by atoms with Gasteiger partial charge in [0.25, 0.3) is 6.47 Å². The molecule has 4 N–H and O–H groups in total. The number of fused-ring (bicyclic) bond motifs is 2. The molecule has 0 unspecified atom stereocenters. The van der Waals surface area contributed by atoms with E-state index in [1.807, 2.05) is 72.8 Å². The van der Waals surface area contributed by atoms with Gasteiger partial charge in [0.05, 0.1) is 0 Å². The molecular weight excluding hydrogens is 628 g/mol. The number of ketones is 1. The van der Waals surface area contributed by atoms with E-state index in [0.717, 1.165) is 38.2 Å². The molecule has 0 fully saturated rings. The number of hydrogen-bond acceptors (Lipinski definition) is 7. The van der Waals surface area contributed by atoms with Gasteiger partial charge in [-0.05, 0) is 64.2 Å². The average Bonchev–Trinajstić information content (AvgIpc) is 3.10. The van der Waals surface area contributed by atoms with Crippen LogP contribution in [0.1, 0.15) is 24.8 Å². The number of nitrogens with one attached hydrogen (secondary N) is 1. The van der Waals surface area contributed by atoms with Crippen molar-refractivity contribution in [3.63, 3.8) is 0 Å². The molecule has 1 amide bonds. The summed E-state index contributed by atoms with van der Waals surface area (Å²) in [6, 6.07) is 30.9. The molecule has 1 atom stereocenters. The summed E-state index contributed by atoms with van der Waals surface area (Å²) in [6.07, 6.45) is 2.70. The molecule has 0 aliphatic rings. The first-order chi connectivity index (χ1) is 23.0. The van der Waals surface area contributed by atoms with Gasteiger partial charge in [-0.2, -0.15) is 0 Å². The van der Waals surface area contributed by atoms with Gasteiger partial charge < -0.3 is 25.7 Å². The molecule has 8 nitrogen and oxygen atoms in total. The maximum Gasteiger partial charge on any atom is 0.293 e. The summed E-state index contributed by atoms with van der Waals surface area (Å²) in [5.41, 5.74) is 2.96. The molecule has 0 saturated heterocycles. The molecule has 0 aromatic heterocycles. The second-order valence-electron chi connectivity index (χ2n) is 11.1. The van der Waals surface area contributed by atoms with Crippen LogP contribution < -0.4 is 20.9 Å². The summed E-state index contributed by atoms with van der Waals surface area (Å²) < 4.78 is 17.3. The van der Waals surface area contributed by atoms with Crippen molar-refractivity contribution in [2.24, 2.45) is 5.92 Å². The molecule has 48 heavy (non-hydrogen) atoms. The number of carbonyl (C=O) groups is 3. The van der Waals surface area contributed by atoms with Crippen molar-refractivity contribution in [1.82, 2.24) is 6.15 Å². The Kier molecular flexibility index (Phi) is 13.1. The minimum absolute atomic E-state index is 0. The number of alkyl halides is 1. The number of rotatable bonds is 17. The maximum atomic E-state index is 13.4. The monoisotopic (exact) mass is 666 g/mol. The Morgan fingerprint density at radius 2 is 1.48 bits per heavy atom. The van der Waals surface area contributed by atoms with Crippen LogP contribution in [0, 0.1) is 5.92 Å². The summed E-state index contributed by atoms with van der Waals surface area (Å²) in [5.74, 6) is 0.474. The Labute approximate surface area is 285 Å². The van der Waals surface area contributed by atoms with Crippen LogP contribution in [0.4, 0.5) is 5.69 Å². The van der Waals surface area contributed by atoms with E-state index in [1.54, 1.807) is 30.3 Å². The molecule has 0 radical (unpaired) electrons. The number of halogens is 1. The van der Waals surface area contributed by atoms with Crippen molar-refractivity contribution in [2.45, 2.75) is 25.9 Å². The van der Waals surface area contributed by atoms with E-state index in [2.05, 4.69) is 11.9 Å². The molecule has 0 saturated carbocycles. The number of benzene rings is 5. The molecule has 0 spiro atoms. The number of hydrogen-bond donors (Lipinski definition) is 2. The molecule has 5 aromatic rings. The van der Waals surface area contributed by atoms with Gasteiger partial charge in [0.1, 0.15) is 31.3 Å². The smallest absolute Gasteiger partial charge is 0.293 e. The molecule has 0 bridgehead atoms. The van der Waals surface area contributed by atoms with Crippen molar-refractivity contribution in [2.75, 3.05) is 24.4 Å². The van der Waals surface area contributed by atoms with Crippen molar-refractivity contribution in [3.05, 3.63) is 115 Å². The summed E-state index contributed by atoms with van der Waals surface area (Å²) in [4.78, 5) is 37.3. The lowest BCUT2D eigenvalue weighted by atomic mass is 9.92. The van der Waals surface area contributed by atoms with Crippen LogP contribution in [0.2, 0.25) is 0 Å². The van der Waals surface area contributed by atoms with Crippen LogP contribution in [0.5, 0.6) is 11.5 Å². The highest BCUT2D eigenvalue weighted by atomic mass is 35.5. The van der Waals surface area contributed by atoms with E-state index >= 15 is 0 Å². The zero-order chi connectivity index (χ0) is 33.0. The Morgan fingerprint density at radius 1 is 0.833 bits per heavy atom. The van der Waals surface area contributed by atoms with Crippen molar-refractivity contribution >= 4 is 57.0 Å². The topological polar surface area (TPSA) is 126 Å². The minimum atomic E-state index is -0.604. The van der Waals surface area contributed by atoms with Gasteiger partial charge in [0.15, 0.2) is 5.78 Å². The van der Waals surface area contributed by atoms with Gasteiger partial charge in [-0.3, -0.25) is 14.4 Å². The molecule has 0 aliphatic heterocycles. The number of anilines is 1. The van der Waals surface area contributed by atoms with Gasteiger partial charge in [-0.15, -0.1) is 11.6 Å². The summed E-state index contributed by atoms with van der Waals surface area (Å²) >= 11 is 5.97. The summed E-state index contributed by atoms with van der Waals surface area (Å²) in [6.45, 7) is 4.38. The van der Waals surface area contributed by atoms with E-state index in [4.69, 9.17) is 25.8 Å². The summed E-state index contributed by atoms with van der Waals surface area (Å²) in [7, 11) is 0. The van der Waals surface area contributed by atoms with E-state index in [0.29, 0.717) is 49.0 Å². The van der Waals surface area contributed by atoms with E-state index in [-0.39, 0.29) is 37.5 Å². The van der Waals surface area contributed by atoms with Gasteiger partial charge in [0, 0.05) is 35.0 Å². The van der Waals surface area contributed by atoms with E-state index in [9.17, 15) is 14.4 Å². The highest BCUT2D eigenvalue weighted by Gasteiger charge is 2.24. The second-order valence-corrected chi connectivity index (χ2v) is 11.5. The standard InChI is InChI=1S/C39H36ClNO6.H3N/c1-2-21-46-35-18-16-28-10-3-5-14-33(28)37(35)38-34-15-6-4-11-29(34)17-19-36(38)47-25-32(43)23-30(12-8-20-40)39(44)41-31-13-7-9-27(22-31)24-45-26-42;/h2-7,9-11,13-19,22,26,30H,1,8,12,20-21,23-25H2,(H,41,44);1H3/t30-;/m0./s1. The van der Waals surface area contributed by atoms with Gasteiger partial charge in [0.2, 0.25) is 5.91 Å². The zero-order valence-corrected chi connectivity index (χ0v) is 27.4. The molecule has 248 valence electrons. The van der Waals surface area contributed by atoms with Crippen LogP contribution in [-0.2, 0) is 25.7 Å². The van der Waals surface area contributed by atoms with Crippen LogP contribution in [0.3, 0.4) is 0 Å². The first-order valence-electron chi connectivity index (χ1n) is 15.5. The molecule has 9 heteroatoms. The van der Waals surface area contributed by atoms with Crippen molar-refractivity contribution in [1.29, 1.82) is 0 Å². The largest absolute Gasteiger partial charge is 0.489 e. The fourth-order valence-corrected chi connectivity index (χ4v) is 5.82. The quantitative estimate of drug-likeness (QED) is 0.0578. The predicted octanol–water partition coefficient (Wildman–Crippen LogP) is 8.67. The molecule has 0 heterocycles. The fourth-order valence-electron chi connectivity index (χ4n) is 5.66. The predicted molar refractivity (Wildman–Crippen MR) is 192 cm³/mol. The lowest BCUT2D eigenvalue weighted by Gasteiger charge is -2.20. The van der Waals surface area contributed by atoms with Crippen LogP contribution in [0.25, 0.3) is 32.7 Å². The maximum absolute atomic E-state index is 13.4. The van der Waals surface area contributed by atoms with Gasteiger partial charge in [-0.25, -0.2) is 0 Å². The highest BCUT2D eigenvalue weighted by molar-refractivity contribution is 6.17. The number of amides is 1. The first-order valence-corrected chi connectivity index (χ1v) is 16.0. The summed E-state index contributed by atoms with van der Waals surface area (Å²) in [5, 5.41) is 6.90. The Balaban J connectivity index is 0.00000520. The highest BCUT2D eigenvalue weighted by Crippen LogP contribution is 2.45. The number of carbonyl (C=O) groups excluding carboxylic acids is 3. The molecule has 5 rings (SSSR count). The molecule has 0 aliphatic carbocycles. The van der Waals surface area contributed by atoms with Gasteiger partial charge >= 0.3 is 0 Å². The van der Waals surface area contributed by atoms with Crippen LogP contribution in [-0.4, -0.2) is 37.3 Å². The number of Topliss-reactive ketones (excluding diaryl/α,β-unsaturated/α-hetero) is 1. The molecular formula is C39H39ClN2O6. The first kappa shape index (κ1) is 35.7. The normalized spacial score (nSPS) is 11.3. The fraction of sp³-hybridized carbons (Fsp3) is 0.205. The van der Waals surface area contributed by atoms with Crippen LogP contribution >= 0.6 is 11.6 Å². The van der Waals surface area contributed by atoms with Crippen molar-refractivity contribution < 1.29 is 28.6 Å². The van der Waals surface area contributed by atoms with Crippen molar-refractivity contribution in [3.8, 4) is 22.6 Å². The SMILES string of the molecule is C=CCOc1ccc2ccccc2c1-c1c(OCC(=O)C[C@H](CCCCl)C(=O)Nc2cccc(COC=O)c2)ccc2ccccc12.N. The third-order valence-electron chi connectivity index (χ3n) is 7.82. The van der Waals surface area contributed by atoms with Crippen LogP contribution in [0.15, 0.2) is 110 Å². The lowest BCUT2D eigenvalue weighted by molar-refractivity contribution is -0.129. The Bertz CT molecular complexity index is 1890. The lowest BCUT2D eigenvalue weighted by Crippen LogP contribution is -2.27. The Hall–Kier alpha value is -5.18.